The van der Waals surface area contributed by atoms with Gasteiger partial charge in [-0.2, -0.15) is 0 Å². The molecule has 0 aliphatic carbocycles. The molecule has 0 unspecified atom stereocenters. The molecule has 0 spiro atoms. The molecular formula is C12H12N2O3S. The van der Waals surface area contributed by atoms with Gasteiger partial charge in [0, 0.05) is 0 Å². The quantitative estimate of drug-likeness (QED) is 0.885. The number of aromatic carboxylic acids is 1. The predicted molar refractivity (Wildman–Crippen MR) is 69.0 cm³/mol. The van der Waals surface area contributed by atoms with Gasteiger partial charge < -0.3 is 15.6 Å². The second-order valence-electron chi connectivity index (χ2n) is 3.73. The summed E-state index contributed by atoms with van der Waals surface area (Å²) in [7, 11) is 0. The first kappa shape index (κ1) is 12.4. The molecule has 0 bridgehead atoms. The highest BCUT2D eigenvalue weighted by molar-refractivity contribution is 7.17. The molecule has 18 heavy (non-hydrogen) atoms. The number of benzene rings is 1. The van der Waals surface area contributed by atoms with Crippen molar-refractivity contribution in [2.45, 2.75) is 13.5 Å². The topological polar surface area (TPSA) is 85.4 Å². The standard InChI is InChI=1S/C12H12N2O3S/c1-7-2-4-8(5-3-7)17-6-9-10(11(15)16)18-12(13)14-9/h2-5H,6H2,1H3,(H2,13,14)(H,15,16). The summed E-state index contributed by atoms with van der Waals surface area (Å²) in [6.45, 7) is 2.08. The van der Waals surface area contributed by atoms with Crippen molar-refractivity contribution in [3.05, 3.63) is 40.4 Å². The number of aryl methyl sites for hydroxylation is 1. The van der Waals surface area contributed by atoms with Crippen LogP contribution in [0.15, 0.2) is 24.3 Å². The van der Waals surface area contributed by atoms with Gasteiger partial charge in [-0.15, -0.1) is 0 Å². The van der Waals surface area contributed by atoms with Crippen molar-refractivity contribution in [3.8, 4) is 5.75 Å². The van der Waals surface area contributed by atoms with Crippen molar-refractivity contribution < 1.29 is 14.6 Å². The van der Waals surface area contributed by atoms with Crippen molar-refractivity contribution in [1.29, 1.82) is 0 Å². The summed E-state index contributed by atoms with van der Waals surface area (Å²) < 4.78 is 5.48. The number of hydrogen-bond acceptors (Lipinski definition) is 5. The first-order valence-electron chi connectivity index (χ1n) is 5.24. The smallest absolute Gasteiger partial charge is 0.348 e. The number of ether oxygens (including phenoxy) is 1. The third-order valence-electron chi connectivity index (χ3n) is 2.30. The minimum absolute atomic E-state index is 0.0956. The molecule has 94 valence electrons. The number of anilines is 1. The number of thiazole rings is 1. The van der Waals surface area contributed by atoms with Crippen molar-refractivity contribution >= 4 is 22.4 Å². The molecule has 2 aromatic rings. The van der Waals surface area contributed by atoms with E-state index in [0.29, 0.717) is 11.4 Å². The summed E-state index contributed by atoms with van der Waals surface area (Å²) in [5.74, 6) is -0.366. The van der Waals surface area contributed by atoms with E-state index in [2.05, 4.69) is 4.98 Å². The minimum atomic E-state index is -1.04. The largest absolute Gasteiger partial charge is 0.487 e. The average Bonchev–Trinajstić information content (AvgIpc) is 2.70. The molecule has 1 heterocycles. The second kappa shape index (κ2) is 5.05. The molecule has 0 saturated carbocycles. The van der Waals surface area contributed by atoms with Gasteiger partial charge in [0.1, 0.15) is 22.9 Å². The fourth-order valence-electron chi connectivity index (χ4n) is 1.42. The van der Waals surface area contributed by atoms with Gasteiger partial charge in [0.25, 0.3) is 0 Å². The summed E-state index contributed by atoms with van der Waals surface area (Å²) in [5.41, 5.74) is 6.98. The Balaban J connectivity index is 2.10. The Morgan fingerprint density at radius 1 is 1.44 bits per heavy atom. The van der Waals surface area contributed by atoms with E-state index in [1.165, 1.54) is 0 Å². The van der Waals surface area contributed by atoms with Gasteiger partial charge in [-0.05, 0) is 19.1 Å². The maximum absolute atomic E-state index is 11.0. The molecule has 0 fully saturated rings. The molecule has 5 nitrogen and oxygen atoms in total. The van der Waals surface area contributed by atoms with Crippen LogP contribution in [0.2, 0.25) is 0 Å². The second-order valence-corrected chi connectivity index (χ2v) is 4.77. The number of nitrogens with zero attached hydrogens (tertiary/aromatic N) is 1. The van der Waals surface area contributed by atoms with E-state index in [1.807, 2.05) is 31.2 Å². The minimum Gasteiger partial charge on any atom is -0.487 e. The molecule has 0 aliphatic heterocycles. The van der Waals surface area contributed by atoms with Crippen LogP contribution in [0.3, 0.4) is 0 Å². The van der Waals surface area contributed by atoms with E-state index < -0.39 is 5.97 Å². The molecule has 3 N–H and O–H groups in total. The SMILES string of the molecule is Cc1ccc(OCc2nc(N)sc2C(=O)O)cc1. The Morgan fingerprint density at radius 3 is 2.72 bits per heavy atom. The zero-order valence-corrected chi connectivity index (χ0v) is 10.5. The monoisotopic (exact) mass is 264 g/mol. The molecule has 1 aromatic heterocycles. The molecule has 1 aromatic carbocycles. The van der Waals surface area contributed by atoms with Crippen molar-refractivity contribution in [1.82, 2.24) is 4.98 Å². The van der Waals surface area contributed by atoms with Crippen LogP contribution >= 0.6 is 11.3 Å². The van der Waals surface area contributed by atoms with Gasteiger partial charge in [0.15, 0.2) is 5.13 Å². The summed E-state index contributed by atoms with van der Waals surface area (Å²) in [6.07, 6.45) is 0. The van der Waals surface area contributed by atoms with Gasteiger partial charge in [0.05, 0.1) is 0 Å². The lowest BCUT2D eigenvalue weighted by Crippen LogP contribution is -2.03. The number of carboxylic acids is 1. The summed E-state index contributed by atoms with van der Waals surface area (Å²) in [5, 5.41) is 9.20. The van der Waals surface area contributed by atoms with Gasteiger partial charge >= 0.3 is 5.97 Å². The lowest BCUT2D eigenvalue weighted by atomic mass is 10.2. The van der Waals surface area contributed by atoms with Crippen LogP contribution in [-0.4, -0.2) is 16.1 Å². The average molecular weight is 264 g/mol. The van der Waals surface area contributed by atoms with Crippen molar-refractivity contribution in [2.75, 3.05) is 5.73 Å². The maximum atomic E-state index is 11.0. The van der Waals surface area contributed by atoms with Crippen LogP contribution in [0.4, 0.5) is 5.13 Å². The number of aromatic nitrogens is 1. The number of hydrogen-bond donors (Lipinski definition) is 2. The van der Waals surface area contributed by atoms with E-state index in [1.54, 1.807) is 0 Å². The van der Waals surface area contributed by atoms with E-state index in [9.17, 15) is 4.79 Å². The lowest BCUT2D eigenvalue weighted by Gasteiger charge is -2.05. The van der Waals surface area contributed by atoms with Gasteiger partial charge in [-0.25, -0.2) is 9.78 Å². The van der Waals surface area contributed by atoms with Crippen molar-refractivity contribution in [2.24, 2.45) is 0 Å². The number of carbonyl (C=O) groups is 1. The van der Waals surface area contributed by atoms with E-state index in [0.717, 1.165) is 16.9 Å². The molecule has 6 heteroatoms. The van der Waals surface area contributed by atoms with Crippen LogP contribution in [0, 0.1) is 6.92 Å². The number of carboxylic acid groups (broad SMARTS) is 1. The molecule has 0 atom stereocenters. The number of nitrogens with two attached hydrogens (primary N) is 1. The van der Waals surface area contributed by atoms with Crippen LogP contribution in [0.1, 0.15) is 20.9 Å². The zero-order chi connectivity index (χ0) is 13.1. The predicted octanol–water partition coefficient (Wildman–Crippen LogP) is 2.31. The van der Waals surface area contributed by atoms with E-state index in [-0.39, 0.29) is 16.6 Å². The van der Waals surface area contributed by atoms with Gasteiger partial charge in [-0.3, -0.25) is 0 Å². The van der Waals surface area contributed by atoms with Crippen LogP contribution in [0.25, 0.3) is 0 Å². The Morgan fingerprint density at radius 2 is 2.11 bits per heavy atom. The van der Waals surface area contributed by atoms with Crippen molar-refractivity contribution in [3.63, 3.8) is 0 Å². The Kier molecular flexibility index (Phi) is 3.47. The van der Waals surface area contributed by atoms with Gasteiger partial charge in [0.2, 0.25) is 0 Å². The van der Waals surface area contributed by atoms with Crippen LogP contribution in [0.5, 0.6) is 5.75 Å². The van der Waals surface area contributed by atoms with E-state index in [4.69, 9.17) is 15.6 Å². The molecule has 0 aliphatic rings. The van der Waals surface area contributed by atoms with Gasteiger partial charge in [-0.1, -0.05) is 29.0 Å². The Labute approximate surface area is 108 Å². The first-order chi connectivity index (χ1) is 8.56. The Bertz CT molecular complexity index is 563. The molecule has 0 saturated heterocycles. The van der Waals surface area contributed by atoms with Crippen LogP contribution in [-0.2, 0) is 6.61 Å². The summed E-state index contributed by atoms with van der Waals surface area (Å²) >= 11 is 0.947. The number of nitrogen functional groups attached to an aromatic ring is 1. The maximum Gasteiger partial charge on any atom is 0.348 e. The highest BCUT2D eigenvalue weighted by Gasteiger charge is 2.16. The molecule has 0 amide bonds. The first-order valence-corrected chi connectivity index (χ1v) is 6.06. The lowest BCUT2D eigenvalue weighted by molar-refractivity contribution is 0.0699. The summed E-state index contributed by atoms with van der Waals surface area (Å²) in [4.78, 5) is 15.0. The highest BCUT2D eigenvalue weighted by Crippen LogP contribution is 2.22. The third-order valence-corrected chi connectivity index (χ3v) is 3.22. The highest BCUT2D eigenvalue weighted by atomic mass is 32.1. The van der Waals surface area contributed by atoms with E-state index >= 15 is 0 Å². The van der Waals surface area contributed by atoms with Crippen LogP contribution < -0.4 is 10.5 Å². The molecule has 0 radical (unpaired) electrons. The number of rotatable bonds is 4. The molecular weight excluding hydrogens is 252 g/mol. The zero-order valence-electron chi connectivity index (χ0n) is 9.71. The third kappa shape index (κ3) is 2.78. The fraction of sp³-hybridized carbons (Fsp3) is 0.167. The summed E-state index contributed by atoms with van der Waals surface area (Å²) in [6, 6.07) is 7.49. The molecule has 2 rings (SSSR count). The Hall–Kier alpha value is -2.08. The fourth-order valence-corrected chi connectivity index (χ4v) is 2.10. The normalized spacial score (nSPS) is 10.3.